The Kier molecular flexibility index (Phi) is 8.12. The highest BCUT2D eigenvalue weighted by atomic mass is 32.2. The Morgan fingerprint density at radius 3 is 2.28 bits per heavy atom. The monoisotopic (exact) mass is 367 g/mol. The molecule has 1 aromatic rings. The van der Waals surface area contributed by atoms with E-state index in [2.05, 4.69) is 0 Å². The molecule has 1 aromatic carbocycles. The van der Waals surface area contributed by atoms with Gasteiger partial charge in [0.25, 0.3) is 0 Å². The highest BCUT2D eigenvalue weighted by molar-refractivity contribution is 8.14. The largest absolute Gasteiger partial charge is 0.467 e. The number of benzene rings is 1. The van der Waals surface area contributed by atoms with Crippen molar-refractivity contribution in [3.8, 4) is 0 Å². The van der Waals surface area contributed by atoms with E-state index < -0.39 is 12.0 Å². The Bertz CT molecular complexity index is 659. The zero-order chi connectivity index (χ0) is 19.1. The Balaban J connectivity index is 3.23. The molecular formula is C18H25NO5S. The van der Waals surface area contributed by atoms with Crippen LogP contribution in [0.3, 0.4) is 0 Å². The fraction of sp³-hybridized carbons (Fsp3) is 0.500. The molecule has 0 fully saturated rings. The van der Waals surface area contributed by atoms with Gasteiger partial charge in [-0.1, -0.05) is 23.9 Å². The van der Waals surface area contributed by atoms with Gasteiger partial charge in [0.2, 0.25) is 11.0 Å². The molecule has 0 radical (unpaired) electrons. The zero-order valence-corrected chi connectivity index (χ0v) is 16.4. The molecule has 0 unspecified atom stereocenters. The third-order valence-electron chi connectivity index (χ3n) is 3.96. The van der Waals surface area contributed by atoms with Crippen molar-refractivity contribution in [1.29, 1.82) is 0 Å². The minimum Gasteiger partial charge on any atom is -0.467 e. The van der Waals surface area contributed by atoms with Crippen LogP contribution in [0.1, 0.15) is 23.6 Å². The number of aryl methyl sites for hydroxylation is 2. The second-order valence-corrected chi connectivity index (χ2v) is 6.76. The molecule has 7 heteroatoms. The molecule has 0 aliphatic heterocycles. The van der Waals surface area contributed by atoms with Gasteiger partial charge >= 0.3 is 5.97 Å². The van der Waals surface area contributed by atoms with Crippen LogP contribution in [-0.4, -0.2) is 49.6 Å². The van der Waals surface area contributed by atoms with Crippen molar-refractivity contribution in [2.45, 2.75) is 33.7 Å². The number of nitrogens with zero attached hydrogens (tertiary/aromatic N) is 1. The lowest BCUT2D eigenvalue weighted by molar-refractivity contribution is -0.142. The van der Waals surface area contributed by atoms with Crippen molar-refractivity contribution in [3.05, 3.63) is 28.8 Å². The number of carbonyl (C=O) groups is 3. The predicted octanol–water partition coefficient (Wildman–Crippen LogP) is 2.41. The number of esters is 1. The van der Waals surface area contributed by atoms with Crippen LogP contribution in [0.25, 0.3) is 0 Å². The van der Waals surface area contributed by atoms with Gasteiger partial charge in [0.05, 0.1) is 18.6 Å². The minimum atomic E-state index is -0.796. The molecule has 25 heavy (non-hydrogen) atoms. The van der Waals surface area contributed by atoms with Gasteiger partial charge in [0, 0.05) is 7.11 Å². The summed E-state index contributed by atoms with van der Waals surface area (Å²) in [5.41, 5.74) is 3.49. The Labute approximate surface area is 152 Å². The Morgan fingerprint density at radius 2 is 1.72 bits per heavy atom. The first-order chi connectivity index (χ1) is 11.7. The summed E-state index contributed by atoms with van der Waals surface area (Å²) in [7, 11) is 2.71. The van der Waals surface area contributed by atoms with Crippen LogP contribution < -0.4 is 4.90 Å². The molecule has 0 spiro atoms. The lowest BCUT2D eigenvalue weighted by atomic mass is 10.0. The van der Waals surface area contributed by atoms with E-state index in [0.717, 1.165) is 28.5 Å². The predicted molar refractivity (Wildman–Crippen MR) is 99.0 cm³/mol. The first-order valence-electron chi connectivity index (χ1n) is 7.85. The van der Waals surface area contributed by atoms with E-state index in [0.29, 0.717) is 5.69 Å². The van der Waals surface area contributed by atoms with Crippen LogP contribution in [0.5, 0.6) is 0 Å². The van der Waals surface area contributed by atoms with E-state index in [-0.39, 0.29) is 23.4 Å². The van der Waals surface area contributed by atoms with E-state index in [4.69, 9.17) is 9.47 Å². The number of carbonyl (C=O) groups excluding carboxylic acids is 3. The van der Waals surface area contributed by atoms with Gasteiger partial charge in [0.1, 0.15) is 12.6 Å². The fourth-order valence-electron chi connectivity index (χ4n) is 2.49. The van der Waals surface area contributed by atoms with Crippen molar-refractivity contribution in [1.82, 2.24) is 0 Å². The summed E-state index contributed by atoms with van der Waals surface area (Å²) in [6, 6.07) is 3.08. The number of methoxy groups -OCH3 is 2. The standard InChI is InChI=1S/C18H25NO5S/c1-11-7-8-12(2)17(13(11)3)19(14(4)18(22)24-6)15(20)10-25-16(21)9-23-5/h7-8,14H,9-10H2,1-6H3/t14-/m0/s1. The van der Waals surface area contributed by atoms with Crippen LogP contribution >= 0.6 is 11.8 Å². The molecule has 0 bridgehead atoms. The molecule has 0 N–H and O–H groups in total. The summed E-state index contributed by atoms with van der Waals surface area (Å²) in [6.45, 7) is 7.29. The van der Waals surface area contributed by atoms with Crippen LogP contribution in [0, 0.1) is 20.8 Å². The molecule has 138 valence electrons. The quantitative estimate of drug-likeness (QED) is 0.689. The van der Waals surface area contributed by atoms with Gasteiger partial charge in [-0.25, -0.2) is 4.79 Å². The van der Waals surface area contributed by atoms with Gasteiger partial charge in [-0.3, -0.25) is 14.5 Å². The topological polar surface area (TPSA) is 72.9 Å². The summed E-state index contributed by atoms with van der Waals surface area (Å²) >= 11 is 0.878. The molecule has 0 aliphatic carbocycles. The number of anilines is 1. The summed E-state index contributed by atoms with van der Waals surface area (Å²) in [5.74, 6) is -0.915. The second kappa shape index (κ2) is 9.58. The van der Waals surface area contributed by atoms with Crippen LogP contribution in [0.15, 0.2) is 12.1 Å². The normalized spacial score (nSPS) is 11.8. The lowest BCUT2D eigenvalue weighted by Gasteiger charge is -2.31. The van der Waals surface area contributed by atoms with Crippen LogP contribution in [-0.2, 0) is 23.9 Å². The fourth-order valence-corrected chi connectivity index (χ4v) is 3.11. The van der Waals surface area contributed by atoms with Crippen molar-refractivity contribution in [3.63, 3.8) is 0 Å². The molecule has 0 aliphatic rings. The number of amides is 1. The third-order valence-corrected chi connectivity index (χ3v) is 4.79. The zero-order valence-electron chi connectivity index (χ0n) is 15.5. The van der Waals surface area contributed by atoms with Crippen molar-refractivity contribution >= 4 is 34.4 Å². The second-order valence-electron chi connectivity index (χ2n) is 5.73. The van der Waals surface area contributed by atoms with Crippen molar-refractivity contribution < 1.29 is 23.9 Å². The SMILES string of the molecule is COCC(=O)SCC(=O)N(c1c(C)ccc(C)c1C)[C@@H](C)C(=O)OC. The summed E-state index contributed by atoms with van der Waals surface area (Å²) < 4.78 is 9.58. The Hall–Kier alpha value is -1.86. The minimum absolute atomic E-state index is 0.0625. The highest BCUT2D eigenvalue weighted by Crippen LogP contribution is 2.30. The van der Waals surface area contributed by atoms with E-state index in [1.54, 1.807) is 6.92 Å². The molecule has 6 nitrogen and oxygen atoms in total. The average Bonchev–Trinajstić information content (AvgIpc) is 2.59. The maximum Gasteiger partial charge on any atom is 0.328 e. The van der Waals surface area contributed by atoms with Crippen molar-refractivity contribution in [2.75, 3.05) is 31.5 Å². The Morgan fingerprint density at radius 1 is 1.12 bits per heavy atom. The molecule has 0 saturated heterocycles. The first-order valence-corrected chi connectivity index (χ1v) is 8.84. The molecule has 0 heterocycles. The summed E-state index contributed by atoms with van der Waals surface area (Å²) in [6.07, 6.45) is 0. The van der Waals surface area contributed by atoms with E-state index in [9.17, 15) is 14.4 Å². The van der Waals surface area contributed by atoms with Gasteiger partial charge < -0.3 is 9.47 Å². The van der Waals surface area contributed by atoms with E-state index >= 15 is 0 Å². The maximum atomic E-state index is 12.8. The highest BCUT2D eigenvalue weighted by Gasteiger charge is 2.30. The molecule has 1 rings (SSSR count). The van der Waals surface area contributed by atoms with E-state index in [1.165, 1.54) is 19.1 Å². The van der Waals surface area contributed by atoms with Gasteiger partial charge in [-0.2, -0.15) is 0 Å². The first kappa shape index (κ1) is 21.2. The lowest BCUT2D eigenvalue weighted by Crippen LogP contribution is -2.46. The van der Waals surface area contributed by atoms with E-state index in [1.807, 2.05) is 32.9 Å². The number of hydrogen-bond acceptors (Lipinski definition) is 6. The maximum absolute atomic E-state index is 12.8. The molecule has 0 aromatic heterocycles. The van der Waals surface area contributed by atoms with Gasteiger partial charge in [-0.05, 0) is 44.4 Å². The summed E-state index contributed by atoms with van der Waals surface area (Å²) in [4.78, 5) is 38.0. The van der Waals surface area contributed by atoms with Crippen molar-refractivity contribution in [2.24, 2.45) is 0 Å². The number of rotatable bonds is 7. The molecule has 0 saturated carbocycles. The van der Waals surface area contributed by atoms with Crippen LogP contribution in [0.4, 0.5) is 5.69 Å². The smallest absolute Gasteiger partial charge is 0.328 e. The number of thioether (sulfide) groups is 1. The average molecular weight is 367 g/mol. The third kappa shape index (κ3) is 5.31. The summed E-state index contributed by atoms with van der Waals surface area (Å²) in [5, 5.41) is -0.237. The van der Waals surface area contributed by atoms with Crippen LogP contribution in [0.2, 0.25) is 0 Å². The van der Waals surface area contributed by atoms with Gasteiger partial charge in [-0.15, -0.1) is 0 Å². The van der Waals surface area contributed by atoms with Gasteiger partial charge in [0.15, 0.2) is 0 Å². The number of ether oxygens (including phenoxy) is 2. The molecule has 1 amide bonds. The number of hydrogen-bond donors (Lipinski definition) is 0. The molecule has 1 atom stereocenters. The molecular weight excluding hydrogens is 342 g/mol.